The van der Waals surface area contributed by atoms with Crippen molar-refractivity contribution in [3.8, 4) is 0 Å². The Hall–Kier alpha value is 0.0569. The minimum absolute atomic E-state index is 0.124. The van der Waals surface area contributed by atoms with Gasteiger partial charge in [0.05, 0.1) is 12.2 Å². The Morgan fingerprint density at radius 1 is 1.21 bits per heavy atom. The predicted molar refractivity (Wildman–Crippen MR) is 78.7 cm³/mol. The molecule has 4 atom stereocenters. The molecular formula is C14H29NO3Si. The van der Waals surface area contributed by atoms with Crippen LogP contribution in [0, 0.1) is 0 Å². The van der Waals surface area contributed by atoms with Gasteiger partial charge in [0.1, 0.15) is 6.10 Å². The molecule has 2 N–H and O–H groups in total. The first-order valence-corrected chi connectivity index (χ1v) is 10.3. The average Bonchev–Trinajstić information content (AvgIpc) is 2.70. The molecule has 0 aromatic heterocycles. The highest BCUT2D eigenvalue weighted by atomic mass is 28.4. The van der Waals surface area contributed by atoms with Gasteiger partial charge in [-0.15, -0.1) is 0 Å². The molecule has 2 fully saturated rings. The first-order valence-electron chi connectivity index (χ1n) is 7.41. The minimum Gasteiger partial charge on any atom is -0.410 e. The molecule has 2 rings (SSSR count). The van der Waals surface area contributed by atoms with Gasteiger partial charge in [-0.1, -0.05) is 20.8 Å². The highest BCUT2D eigenvalue weighted by Gasteiger charge is 2.49. The van der Waals surface area contributed by atoms with E-state index >= 15 is 0 Å². The highest BCUT2D eigenvalue weighted by molar-refractivity contribution is 6.74. The van der Waals surface area contributed by atoms with E-state index in [2.05, 4.69) is 38.8 Å². The lowest BCUT2D eigenvalue weighted by molar-refractivity contribution is -0.121. The van der Waals surface area contributed by atoms with Crippen molar-refractivity contribution in [1.82, 2.24) is 4.90 Å². The zero-order valence-electron chi connectivity index (χ0n) is 12.9. The van der Waals surface area contributed by atoms with E-state index in [-0.39, 0.29) is 17.2 Å². The summed E-state index contributed by atoms with van der Waals surface area (Å²) in [5.41, 5.74) is 0. The first-order chi connectivity index (χ1) is 8.63. The predicted octanol–water partition coefficient (Wildman–Crippen LogP) is 1.58. The summed E-state index contributed by atoms with van der Waals surface area (Å²) >= 11 is 0. The third-order valence-electron chi connectivity index (χ3n) is 5.18. The zero-order valence-corrected chi connectivity index (χ0v) is 13.9. The van der Waals surface area contributed by atoms with Crippen molar-refractivity contribution >= 4 is 8.32 Å². The van der Waals surface area contributed by atoms with Gasteiger partial charge in [-0.25, -0.2) is 0 Å². The fraction of sp³-hybridized carbons (Fsp3) is 1.00. The van der Waals surface area contributed by atoms with Crippen LogP contribution in [0.3, 0.4) is 0 Å². The molecule has 5 heteroatoms. The lowest BCUT2D eigenvalue weighted by Gasteiger charge is -2.48. The molecule has 2 saturated heterocycles. The van der Waals surface area contributed by atoms with Gasteiger partial charge in [0.25, 0.3) is 0 Å². The standard InChI is InChI=1S/C14H29NO3Si/c1-14(2,3)19(4,5)18-13-10-7-6-8-15(10)9-11(16)12(13)17/h10-13,16-17H,6-9H2,1-5H3/t10-,11+,12+,13-/m0/s1. The largest absolute Gasteiger partial charge is 0.410 e. The summed E-state index contributed by atoms with van der Waals surface area (Å²) in [4.78, 5) is 2.29. The van der Waals surface area contributed by atoms with Crippen molar-refractivity contribution in [2.75, 3.05) is 13.1 Å². The number of aliphatic hydroxyl groups excluding tert-OH is 2. The summed E-state index contributed by atoms with van der Waals surface area (Å²) in [6, 6.07) is 0.285. The van der Waals surface area contributed by atoms with E-state index in [4.69, 9.17) is 4.43 Å². The Labute approximate surface area is 117 Å². The molecule has 0 aromatic carbocycles. The van der Waals surface area contributed by atoms with Gasteiger partial charge < -0.3 is 14.6 Å². The summed E-state index contributed by atoms with van der Waals surface area (Å²) in [7, 11) is -1.92. The third kappa shape index (κ3) is 2.90. The van der Waals surface area contributed by atoms with Crippen molar-refractivity contribution in [1.29, 1.82) is 0 Å². The Morgan fingerprint density at radius 2 is 1.84 bits per heavy atom. The number of piperidine rings is 1. The molecule has 0 amide bonds. The van der Waals surface area contributed by atoms with Crippen molar-refractivity contribution < 1.29 is 14.6 Å². The first kappa shape index (κ1) is 15.4. The molecule has 0 aliphatic carbocycles. The maximum atomic E-state index is 10.3. The van der Waals surface area contributed by atoms with Crippen LogP contribution >= 0.6 is 0 Å². The molecule has 0 bridgehead atoms. The molecule has 0 aromatic rings. The van der Waals surface area contributed by atoms with E-state index in [0.29, 0.717) is 6.54 Å². The maximum absolute atomic E-state index is 10.3. The Kier molecular flexibility index (Phi) is 4.16. The molecule has 0 saturated carbocycles. The van der Waals surface area contributed by atoms with Crippen molar-refractivity contribution in [2.24, 2.45) is 0 Å². The van der Waals surface area contributed by atoms with Crippen molar-refractivity contribution in [3.63, 3.8) is 0 Å². The number of fused-ring (bicyclic) bond motifs is 1. The summed E-state index contributed by atoms with van der Waals surface area (Å²) in [6.07, 6.45) is 0.564. The zero-order chi connectivity index (χ0) is 14.4. The van der Waals surface area contributed by atoms with Gasteiger partial charge in [-0.05, 0) is 37.5 Å². The van der Waals surface area contributed by atoms with Gasteiger partial charge in [-0.2, -0.15) is 0 Å². The molecule has 2 heterocycles. The fourth-order valence-corrected chi connectivity index (χ4v) is 4.24. The van der Waals surface area contributed by atoms with Crippen LogP contribution < -0.4 is 0 Å². The molecule has 0 spiro atoms. The number of rotatable bonds is 2. The quantitative estimate of drug-likeness (QED) is 0.757. The fourth-order valence-electron chi connectivity index (χ4n) is 2.91. The number of hydrogen-bond donors (Lipinski definition) is 2. The number of aliphatic hydroxyl groups is 2. The average molecular weight is 287 g/mol. The third-order valence-corrected chi connectivity index (χ3v) is 9.66. The second-order valence-electron chi connectivity index (χ2n) is 7.61. The van der Waals surface area contributed by atoms with Crippen LogP contribution in [0.15, 0.2) is 0 Å². The SMILES string of the molecule is CC(C)(C)[Si](C)(C)O[C@@H]1[C@H](O)[C@H](O)CN2CCC[C@@H]12. The molecular weight excluding hydrogens is 258 g/mol. The van der Waals surface area contributed by atoms with E-state index < -0.39 is 20.5 Å². The second-order valence-corrected chi connectivity index (χ2v) is 12.4. The maximum Gasteiger partial charge on any atom is 0.192 e. The van der Waals surface area contributed by atoms with Gasteiger partial charge >= 0.3 is 0 Å². The monoisotopic (exact) mass is 287 g/mol. The summed E-state index contributed by atoms with van der Waals surface area (Å²) in [6.45, 7) is 12.6. The topological polar surface area (TPSA) is 52.9 Å². The molecule has 4 nitrogen and oxygen atoms in total. The van der Waals surface area contributed by atoms with Gasteiger partial charge in [0.2, 0.25) is 0 Å². The van der Waals surface area contributed by atoms with Gasteiger partial charge in [0.15, 0.2) is 8.32 Å². The Bertz CT molecular complexity index is 329. The molecule has 0 unspecified atom stereocenters. The molecule has 2 aliphatic rings. The van der Waals surface area contributed by atoms with Crippen LogP contribution in [0.4, 0.5) is 0 Å². The van der Waals surface area contributed by atoms with Crippen molar-refractivity contribution in [3.05, 3.63) is 0 Å². The molecule has 112 valence electrons. The smallest absolute Gasteiger partial charge is 0.192 e. The van der Waals surface area contributed by atoms with Crippen LogP contribution in [-0.2, 0) is 4.43 Å². The highest BCUT2D eigenvalue weighted by Crippen LogP contribution is 2.40. The van der Waals surface area contributed by atoms with Crippen LogP contribution in [0.2, 0.25) is 18.1 Å². The summed E-state index contributed by atoms with van der Waals surface area (Å²) in [5, 5.41) is 20.5. The van der Waals surface area contributed by atoms with Crippen LogP contribution in [0.5, 0.6) is 0 Å². The normalized spacial score (nSPS) is 37.4. The van der Waals surface area contributed by atoms with Gasteiger partial charge in [0, 0.05) is 12.6 Å². The van der Waals surface area contributed by atoms with E-state index in [1.807, 2.05) is 0 Å². The number of hydrogen-bond acceptors (Lipinski definition) is 4. The number of nitrogens with zero attached hydrogens (tertiary/aromatic N) is 1. The molecule has 19 heavy (non-hydrogen) atoms. The van der Waals surface area contributed by atoms with E-state index in [1.165, 1.54) is 0 Å². The lowest BCUT2D eigenvalue weighted by atomic mass is 9.94. The van der Waals surface area contributed by atoms with Crippen LogP contribution in [0.1, 0.15) is 33.6 Å². The van der Waals surface area contributed by atoms with E-state index in [0.717, 1.165) is 19.4 Å². The van der Waals surface area contributed by atoms with Crippen LogP contribution in [0.25, 0.3) is 0 Å². The van der Waals surface area contributed by atoms with Crippen LogP contribution in [-0.4, -0.2) is 60.9 Å². The summed E-state index contributed by atoms with van der Waals surface area (Å²) in [5.74, 6) is 0. The molecule has 2 aliphatic heterocycles. The van der Waals surface area contributed by atoms with E-state index in [9.17, 15) is 10.2 Å². The van der Waals surface area contributed by atoms with Crippen molar-refractivity contribution in [2.45, 2.75) is 76.1 Å². The molecule has 0 radical (unpaired) electrons. The second kappa shape index (κ2) is 5.11. The Balaban J connectivity index is 2.16. The Morgan fingerprint density at radius 3 is 2.42 bits per heavy atom. The van der Waals surface area contributed by atoms with E-state index in [1.54, 1.807) is 0 Å². The summed E-state index contributed by atoms with van der Waals surface area (Å²) < 4.78 is 6.43. The van der Waals surface area contributed by atoms with Gasteiger partial charge in [-0.3, -0.25) is 4.90 Å². The lowest BCUT2D eigenvalue weighted by Crippen LogP contribution is -2.62. The minimum atomic E-state index is -1.92.